The van der Waals surface area contributed by atoms with Gasteiger partial charge in [0.2, 0.25) is 0 Å². The van der Waals surface area contributed by atoms with Crippen molar-refractivity contribution in [1.82, 2.24) is 4.98 Å². The van der Waals surface area contributed by atoms with Gasteiger partial charge in [-0.2, -0.15) is 0 Å². The predicted octanol–water partition coefficient (Wildman–Crippen LogP) is 2.26. The lowest BCUT2D eigenvalue weighted by Gasteiger charge is -2.06. The summed E-state index contributed by atoms with van der Waals surface area (Å²) in [5.41, 5.74) is 1.05. The highest BCUT2D eigenvalue weighted by molar-refractivity contribution is 7.17. The SMILES string of the molecule is COC(=O)c1cnc(NC(=O)COc2cccc(C)c2)s1. The summed E-state index contributed by atoms with van der Waals surface area (Å²) in [6, 6.07) is 7.41. The summed E-state index contributed by atoms with van der Waals surface area (Å²) in [6.07, 6.45) is 1.35. The number of rotatable bonds is 5. The molecular weight excluding hydrogens is 292 g/mol. The summed E-state index contributed by atoms with van der Waals surface area (Å²) in [4.78, 5) is 27.3. The molecule has 1 amide bonds. The van der Waals surface area contributed by atoms with Crippen molar-refractivity contribution in [3.05, 3.63) is 40.9 Å². The van der Waals surface area contributed by atoms with Crippen molar-refractivity contribution in [1.29, 1.82) is 0 Å². The van der Waals surface area contributed by atoms with E-state index in [2.05, 4.69) is 15.0 Å². The molecule has 0 saturated heterocycles. The van der Waals surface area contributed by atoms with Gasteiger partial charge in [-0.05, 0) is 24.6 Å². The van der Waals surface area contributed by atoms with E-state index in [9.17, 15) is 9.59 Å². The van der Waals surface area contributed by atoms with Gasteiger partial charge < -0.3 is 9.47 Å². The highest BCUT2D eigenvalue weighted by Crippen LogP contribution is 2.18. The van der Waals surface area contributed by atoms with Crippen LogP contribution in [0.15, 0.2) is 30.5 Å². The summed E-state index contributed by atoms with van der Waals surface area (Å²) >= 11 is 1.04. The van der Waals surface area contributed by atoms with E-state index in [1.54, 1.807) is 6.07 Å². The second kappa shape index (κ2) is 6.85. The number of thiazole rings is 1. The highest BCUT2D eigenvalue weighted by Gasteiger charge is 2.12. The molecule has 110 valence electrons. The quantitative estimate of drug-likeness (QED) is 0.857. The summed E-state index contributed by atoms with van der Waals surface area (Å²) in [7, 11) is 1.29. The van der Waals surface area contributed by atoms with Crippen LogP contribution in [0.5, 0.6) is 5.75 Å². The number of benzene rings is 1. The van der Waals surface area contributed by atoms with Crippen molar-refractivity contribution >= 4 is 28.3 Å². The Morgan fingerprint density at radius 2 is 2.19 bits per heavy atom. The van der Waals surface area contributed by atoms with Crippen molar-refractivity contribution in [2.45, 2.75) is 6.92 Å². The van der Waals surface area contributed by atoms with E-state index in [0.29, 0.717) is 15.8 Å². The monoisotopic (exact) mass is 306 g/mol. The van der Waals surface area contributed by atoms with Crippen molar-refractivity contribution < 1.29 is 19.1 Å². The zero-order valence-electron chi connectivity index (χ0n) is 11.6. The molecule has 0 bridgehead atoms. The summed E-state index contributed by atoms with van der Waals surface area (Å²) in [5, 5.41) is 2.89. The molecule has 0 spiro atoms. The summed E-state index contributed by atoms with van der Waals surface area (Å²) in [6.45, 7) is 1.81. The Balaban J connectivity index is 1.87. The van der Waals surface area contributed by atoms with Crippen LogP contribution in [-0.2, 0) is 9.53 Å². The van der Waals surface area contributed by atoms with Gasteiger partial charge >= 0.3 is 5.97 Å². The molecule has 2 aromatic rings. The van der Waals surface area contributed by atoms with Gasteiger partial charge in [0.25, 0.3) is 5.91 Å². The number of methoxy groups -OCH3 is 1. The van der Waals surface area contributed by atoms with E-state index < -0.39 is 5.97 Å². The third-order valence-corrected chi connectivity index (χ3v) is 3.39. The Morgan fingerprint density at radius 3 is 2.90 bits per heavy atom. The third-order valence-electron chi connectivity index (χ3n) is 2.50. The number of anilines is 1. The maximum Gasteiger partial charge on any atom is 0.349 e. The van der Waals surface area contributed by atoms with Crippen molar-refractivity contribution in [3.8, 4) is 5.75 Å². The number of esters is 1. The normalized spacial score (nSPS) is 10.0. The number of ether oxygens (including phenoxy) is 2. The molecule has 0 fully saturated rings. The molecular formula is C14H14N2O4S. The Labute approximate surface area is 125 Å². The maximum atomic E-state index is 11.7. The van der Waals surface area contributed by atoms with E-state index in [1.165, 1.54) is 13.3 Å². The Kier molecular flexibility index (Phi) is 4.89. The minimum absolute atomic E-state index is 0.128. The smallest absolute Gasteiger partial charge is 0.349 e. The Bertz CT molecular complexity index is 654. The fraction of sp³-hybridized carbons (Fsp3) is 0.214. The average molecular weight is 306 g/mol. The number of hydrogen-bond donors (Lipinski definition) is 1. The van der Waals surface area contributed by atoms with E-state index in [0.717, 1.165) is 16.9 Å². The molecule has 0 atom stereocenters. The van der Waals surface area contributed by atoms with E-state index in [1.807, 2.05) is 25.1 Å². The number of aryl methyl sites for hydroxylation is 1. The molecule has 0 radical (unpaired) electrons. The molecule has 0 aliphatic carbocycles. The minimum atomic E-state index is -0.482. The molecule has 0 aliphatic rings. The first-order valence-electron chi connectivity index (χ1n) is 6.12. The van der Waals surface area contributed by atoms with E-state index in [-0.39, 0.29) is 12.5 Å². The van der Waals surface area contributed by atoms with Gasteiger partial charge in [-0.15, -0.1) is 0 Å². The number of nitrogens with zero attached hydrogens (tertiary/aromatic N) is 1. The molecule has 1 N–H and O–H groups in total. The van der Waals surface area contributed by atoms with Gasteiger partial charge in [-0.1, -0.05) is 23.5 Å². The largest absolute Gasteiger partial charge is 0.484 e. The van der Waals surface area contributed by atoms with Gasteiger partial charge in [0.05, 0.1) is 13.3 Å². The third kappa shape index (κ3) is 4.28. The minimum Gasteiger partial charge on any atom is -0.484 e. The molecule has 1 aromatic heterocycles. The lowest BCUT2D eigenvalue weighted by Crippen LogP contribution is -2.20. The fourth-order valence-electron chi connectivity index (χ4n) is 1.54. The lowest BCUT2D eigenvalue weighted by molar-refractivity contribution is -0.118. The van der Waals surface area contributed by atoms with Crippen LogP contribution < -0.4 is 10.1 Å². The molecule has 2 rings (SSSR count). The van der Waals surface area contributed by atoms with Crippen LogP contribution in [0, 0.1) is 6.92 Å². The van der Waals surface area contributed by atoms with Gasteiger partial charge in [0, 0.05) is 0 Å². The molecule has 7 heteroatoms. The maximum absolute atomic E-state index is 11.7. The van der Waals surface area contributed by atoms with E-state index >= 15 is 0 Å². The van der Waals surface area contributed by atoms with Gasteiger partial charge in [-0.3, -0.25) is 10.1 Å². The lowest BCUT2D eigenvalue weighted by atomic mass is 10.2. The van der Waals surface area contributed by atoms with Crippen LogP contribution >= 0.6 is 11.3 Å². The van der Waals surface area contributed by atoms with Crippen LogP contribution in [0.1, 0.15) is 15.2 Å². The molecule has 0 unspecified atom stereocenters. The molecule has 1 aromatic carbocycles. The number of carbonyl (C=O) groups excluding carboxylic acids is 2. The van der Waals surface area contributed by atoms with Crippen molar-refractivity contribution in [2.24, 2.45) is 0 Å². The molecule has 0 aliphatic heterocycles. The first-order valence-corrected chi connectivity index (χ1v) is 6.93. The standard InChI is InChI=1S/C14H14N2O4S/c1-9-4-3-5-10(6-9)20-8-12(17)16-14-15-7-11(21-14)13(18)19-2/h3-7H,8H2,1-2H3,(H,15,16,17). The number of aromatic nitrogens is 1. The second-order valence-corrected chi connectivity index (χ2v) is 5.21. The first-order chi connectivity index (χ1) is 10.1. The van der Waals surface area contributed by atoms with Gasteiger partial charge in [-0.25, -0.2) is 9.78 Å². The van der Waals surface area contributed by atoms with Crippen molar-refractivity contribution in [3.63, 3.8) is 0 Å². The summed E-state index contributed by atoms with van der Waals surface area (Å²) in [5.74, 6) is -0.203. The van der Waals surface area contributed by atoms with Gasteiger partial charge in [0.1, 0.15) is 10.6 Å². The summed E-state index contributed by atoms with van der Waals surface area (Å²) < 4.78 is 9.93. The molecule has 21 heavy (non-hydrogen) atoms. The van der Waals surface area contributed by atoms with Crippen LogP contribution in [0.25, 0.3) is 0 Å². The molecule has 0 saturated carbocycles. The van der Waals surface area contributed by atoms with Crippen LogP contribution in [0.3, 0.4) is 0 Å². The number of amides is 1. The zero-order chi connectivity index (χ0) is 15.2. The van der Waals surface area contributed by atoms with Gasteiger partial charge in [0.15, 0.2) is 11.7 Å². The number of carbonyl (C=O) groups is 2. The first kappa shape index (κ1) is 15.0. The van der Waals surface area contributed by atoms with Crippen molar-refractivity contribution in [2.75, 3.05) is 19.0 Å². The number of nitrogens with one attached hydrogen (secondary N) is 1. The average Bonchev–Trinajstić information content (AvgIpc) is 2.93. The molecule has 6 nitrogen and oxygen atoms in total. The highest BCUT2D eigenvalue weighted by atomic mass is 32.1. The Morgan fingerprint density at radius 1 is 1.38 bits per heavy atom. The Hall–Kier alpha value is -2.41. The van der Waals surface area contributed by atoms with Crippen LogP contribution in [0.4, 0.5) is 5.13 Å². The van der Waals surface area contributed by atoms with Crippen LogP contribution in [0.2, 0.25) is 0 Å². The second-order valence-electron chi connectivity index (χ2n) is 4.17. The zero-order valence-corrected chi connectivity index (χ0v) is 12.4. The number of hydrogen-bond acceptors (Lipinski definition) is 6. The predicted molar refractivity (Wildman–Crippen MR) is 78.8 cm³/mol. The van der Waals surface area contributed by atoms with Crippen LogP contribution in [-0.4, -0.2) is 30.6 Å². The topological polar surface area (TPSA) is 77.5 Å². The molecule has 1 heterocycles. The fourth-order valence-corrected chi connectivity index (χ4v) is 2.29. The van der Waals surface area contributed by atoms with E-state index in [4.69, 9.17) is 4.74 Å².